The maximum absolute atomic E-state index is 11.9. The van der Waals surface area contributed by atoms with E-state index in [4.69, 9.17) is 0 Å². The van der Waals surface area contributed by atoms with Gasteiger partial charge >= 0.3 is 0 Å². The highest BCUT2D eigenvalue weighted by atomic mass is 16.1. The molecule has 18 heavy (non-hydrogen) atoms. The lowest BCUT2D eigenvalue weighted by atomic mass is 10.3. The van der Waals surface area contributed by atoms with Crippen molar-refractivity contribution in [2.75, 3.05) is 5.32 Å². The first kappa shape index (κ1) is 10.4. The smallest absolute Gasteiger partial charge is 0.275 e. The average Bonchev–Trinajstić information content (AvgIpc) is 2.87. The predicted octanol–water partition coefficient (Wildman–Crippen LogP) is 1.61. The molecule has 3 heterocycles. The largest absolute Gasteiger partial charge is 0.343 e. The predicted molar refractivity (Wildman–Crippen MR) is 66.1 cm³/mol. The van der Waals surface area contributed by atoms with Crippen molar-refractivity contribution in [1.82, 2.24) is 19.9 Å². The fourth-order valence-corrected chi connectivity index (χ4v) is 1.57. The van der Waals surface area contributed by atoms with Crippen LogP contribution >= 0.6 is 0 Å². The summed E-state index contributed by atoms with van der Waals surface area (Å²) in [6.45, 7) is 0. The number of carbonyl (C=O) groups excluding carboxylic acids is 1. The van der Waals surface area contributed by atoms with E-state index in [0.717, 1.165) is 5.52 Å². The molecule has 0 spiro atoms. The fraction of sp³-hybridized carbons (Fsp3) is 0. The summed E-state index contributed by atoms with van der Waals surface area (Å²) in [6.07, 6.45) is 3.15. The number of nitrogens with zero attached hydrogens (tertiary/aromatic N) is 3. The molecule has 0 aromatic carbocycles. The van der Waals surface area contributed by atoms with Gasteiger partial charge in [0.15, 0.2) is 5.65 Å². The Morgan fingerprint density at radius 1 is 1.17 bits per heavy atom. The lowest BCUT2D eigenvalue weighted by Gasteiger charge is -2.02. The normalized spacial score (nSPS) is 10.4. The summed E-state index contributed by atoms with van der Waals surface area (Å²) in [5.74, 6) is 0.185. The second kappa shape index (κ2) is 4.25. The van der Waals surface area contributed by atoms with Gasteiger partial charge in [0.2, 0.25) is 0 Å². The van der Waals surface area contributed by atoms with Crippen molar-refractivity contribution in [3.63, 3.8) is 0 Å². The van der Waals surface area contributed by atoms with Crippen LogP contribution in [0.4, 0.5) is 5.82 Å². The van der Waals surface area contributed by atoms with Gasteiger partial charge in [0.1, 0.15) is 11.5 Å². The van der Waals surface area contributed by atoms with E-state index in [0.29, 0.717) is 17.2 Å². The Labute approximate surface area is 102 Å². The number of amides is 1. The van der Waals surface area contributed by atoms with Crippen LogP contribution in [0.25, 0.3) is 11.2 Å². The number of aromatic amines is 1. The Morgan fingerprint density at radius 3 is 2.94 bits per heavy atom. The van der Waals surface area contributed by atoms with Gasteiger partial charge in [-0.1, -0.05) is 6.07 Å². The van der Waals surface area contributed by atoms with Crippen LogP contribution in [-0.4, -0.2) is 25.8 Å². The topological polar surface area (TPSA) is 83.6 Å². The summed E-state index contributed by atoms with van der Waals surface area (Å²) in [5.41, 5.74) is 1.62. The van der Waals surface area contributed by atoms with Crippen molar-refractivity contribution >= 4 is 22.9 Å². The van der Waals surface area contributed by atoms with E-state index in [1.54, 1.807) is 36.5 Å². The molecule has 0 aliphatic carbocycles. The summed E-state index contributed by atoms with van der Waals surface area (Å²) < 4.78 is 0. The Hall–Kier alpha value is -2.76. The van der Waals surface area contributed by atoms with E-state index >= 15 is 0 Å². The van der Waals surface area contributed by atoms with E-state index in [9.17, 15) is 4.79 Å². The van der Waals surface area contributed by atoms with Crippen LogP contribution in [0.15, 0.2) is 42.9 Å². The molecule has 3 rings (SSSR count). The molecule has 0 fully saturated rings. The number of fused-ring (bicyclic) bond motifs is 1. The molecule has 3 aromatic heterocycles. The lowest BCUT2D eigenvalue weighted by Crippen LogP contribution is -2.14. The van der Waals surface area contributed by atoms with Gasteiger partial charge in [0, 0.05) is 6.20 Å². The lowest BCUT2D eigenvalue weighted by molar-refractivity contribution is 0.102. The molecule has 0 radical (unpaired) electrons. The van der Waals surface area contributed by atoms with Gasteiger partial charge < -0.3 is 10.3 Å². The maximum atomic E-state index is 11.9. The number of aromatic nitrogens is 4. The van der Waals surface area contributed by atoms with Crippen molar-refractivity contribution < 1.29 is 4.79 Å². The van der Waals surface area contributed by atoms with Crippen LogP contribution in [0.1, 0.15) is 10.5 Å². The number of hydrogen-bond acceptors (Lipinski definition) is 4. The second-order valence-corrected chi connectivity index (χ2v) is 3.64. The van der Waals surface area contributed by atoms with Crippen molar-refractivity contribution in [3.8, 4) is 0 Å². The van der Waals surface area contributed by atoms with Gasteiger partial charge in [0.05, 0.1) is 11.8 Å². The number of nitrogens with one attached hydrogen (secondary N) is 2. The van der Waals surface area contributed by atoms with Crippen LogP contribution in [0.5, 0.6) is 0 Å². The van der Waals surface area contributed by atoms with E-state index in [1.165, 1.54) is 6.33 Å². The van der Waals surface area contributed by atoms with Gasteiger partial charge in [-0.2, -0.15) is 0 Å². The van der Waals surface area contributed by atoms with Gasteiger partial charge in [-0.15, -0.1) is 0 Å². The van der Waals surface area contributed by atoms with E-state index in [2.05, 4.69) is 25.3 Å². The van der Waals surface area contributed by atoms with Gasteiger partial charge in [-0.05, 0) is 24.3 Å². The molecule has 88 valence electrons. The zero-order chi connectivity index (χ0) is 12.4. The number of rotatable bonds is 2. The van der Waals surface area contributed by atoms with Gasteiger partial charge in [-0.25, -0.2) is 15.0 Å². The van der Waals surface area contributed by atoms with Crippen molar-refractivity contribution in [1.29, 1.82) is 0 Å². The number of carbonyl (C=O) groups is 1. The standard InChI is InChI=1S/C12H9N5O/c18-12(17-10-3-1-2-6-13-10)9-5-4-8-11(16-9)15-7-14-8/h1-7H,(H,13,17,18)(H,14,15,16). The van der Waals surface area contributed by atoms with Crippen molar-refractivity contribution in [3.05, 3.63) is 48.5 Å². The van der Waals surface area contributed by atoms with Crippen LogP contribution in [0, 0.1) is 0 Å². The minimum atomic E-state index is -0.307. The zero-order valence-electron chi connectivity index (χ0n) is 9.29. The van der Waals surface area contributed by atoms with Gasteiger partial charge in [0.25, 0.3) is 5.91 Å². The molecule has 6 heteroatoms. The molecule has 0 saturated carbocycles. The molecule has 0 saturated heterocycles. The Balaban J connectivity index is 1.87. The summed E-state index contributed by atoms with van der Waals surface area (Å²) in [4.78, 5) is 27.0. The van der Waals surface area contributed by atoms with E-state index < -0.39 is 0 Å². The summed E-state index contributed by atoms with van der Waals surface area (Å²) in [5, 5.41) is 2.66. The molecular formula is C12H9N5O. The average molecular weight is 239 g/mol. The number of hydrogen-bond donors (Lipinski definition) is 2. The fourth-order valence-electron chi connectivity index (χ4n) is 1.57. The SMILES string of the molecule is O=C(Nc1ccccn1)c1ccc2[nH]cnc2n1. The Bertz CT molecular complexity index is 692. The first-order chi connectivity index (χ1) is 8.83. The molecule has 0 atom stereocenters. The third-order valence-electron chi connectivity index (χ3n) is 2.42. The molecule has 3 aromatic rings. The highest BCUT2D eigenvalue weighted by molar-refractivity contribution is 6.03. The summed E-state index contributed by atoms with van der Waals surface area (Å²) >= 11 is 0. The molecule has 0 unspecified atom stereocenters. The number of pyridine rings is 2. The van der Waals surface area contributed by atoms with Crippen molar-refractivity contribution in [2.24, 2.45) is 0 Å². The highest BCUT2D eigenvalue weighted by Gasteiger charge is 2.09. The highest BCUT2D eigenvalue weighted by Crippen LogP contribution is 2.09. The molecule has 0 aliphatic rings. The maximum Gasteiger partial charge on any atom is 0.275 e. The molecule has 2 N–H and O–H groups in total. The monoisotopic (exact) mass is 239 g/mol. The molecule has 0 bridgehead atoms. The third kappa shape index (κ3) is 1.91. The Morgan fingerprint density at radius 2 is 2.11 bits per heavy atom. The first-order valence-corrected chi connectivity index (χ1v) is 5.35. The third-order valence-corrected chi connectivity index (χ3v) is 2.42. The number of H-pyrrole nitrogens is 1. The van der Waals surface area contributed by atoms with Crippen LogP contribution in [-0.2, 0) is 0 Å². The minimum Gasteiger partial charge on any atom is -0.343 e. The van der Waals surface area contributed by atoms with E-state index in [1.807, 2.05) is 0 Å². The van der Waals surface area contributed by atoms with E-state index in [-0.39, 0.29) is 5.91 Å². The summed E-state index contributed by atoms with van der Waals surface area (Å²) in [6, 6.07) is 8.70. The van der Waals surface area contributed by atoms with Crippen LogP contribution in [0.3, 0.4) is 0 Å². The summed E-state index contributed by atoms with van der Waals surface area (Å²) in [7, 11) is 0. The van der Waals surface area contributed by atoms with Crippen molar-refractivity contribution in [2.45, 2.75) is 0 Å². The molecular weight excluding hydrogens is 230 g/mol. The number of imidazole rings is 1. The zero-order valence-corrected chi connectivity index (χ0v) is 9.29. The van der Waals surface area contributed by atoms with Crippen LogP contribution < -0.4 is 5.32 Å². The van der Waals surface area contributed by atoms with Gasteiger partial charge in [-0.3, -0.25) is 4.79 Å². The minimum absolute atomic E-state index is 0.306. The van der Waals surface area contributed by atoms with Crippen LogP contribution in [0.2, 0.25) is 0 Å². The second-order valence-electron chi connectivity index (χ2n) is 3.64. The first-order valence-electron chi connectivity index (χ1n) is 5.35. The molecule has 1 amide bonds. The Kier molecular flexibility index (Phi) is 2.45. The number of anilines is 1. The molecule has 6 nitrogen and oxygen atoms in total. The molecule has 0 aliphatic heterocycles. The quantitative estimate of drug-likeness (QED) is 0.711.